The van der Waals surface area contributed by atoms with Crippen LogP contribution in [0.5, 0.6) is 5.75 Å². The molecule has 0 saturated heterocycles. The van der Waals surface area contributed by atoms with Crippen molar-refractivity contribution < 1.29 is 9.84 Å². The van der Waals surface area contributed by atoms with Gasteiger partial charge in [0.05, 0.1) is 6.61 Å². The normalized spacial score (nSPS) is 10.7. The summed E-state index contributed by atoms with van der Waals surface area (Å²) in [5.41, 5.74) is 1.49. The van der Waals surface area contributed by atoms with Crippen molar-refractivity contribution >= 4 is 0 Å². The van der Waals surface area contributed by atoms with Crippen LogP contribution in [-0.2, 0) is 6.61 Å². The summed E-state index contributed by atoms with van der Waals surface area (Å²) < 4.78 is 5.53. The molecule has 15 heavy (non-hydrogen) atoms. The average molecular weight is 210 g/mol. The monoisotopic (exact) mass is 210 g/mol. The molecule has 1 N–H and O–H groups in total. The van der Waals surface area contributed by atoms with E-state index in [0.29, 0.717) is 18.1 Å². The molecule has 0 saturated carbocycles. The Morgan fingerprint density at radius 1 is 1.40 bits per heavy atom. The number of hydrogen-bond donors (Lipinski definition) is 1. The third-order valence-corrected chi connectivity index (χ3v) is 2.02. The van der Waals surface area contributed by atoms with Crippen molar-refractivity contribution in [2.24, 2.45) is 0 Å². The van der Waals surface area contributed by atoms with Crippen LogP contribution in [0.2, 0.25) is 0 Å². The van der Waals surface area contributed by atoms with Crippen LogP contribution in [-0.4, -0.2) is 42.2 Å². The number of aromatic nitrogens is 1. The lowest BCUT2D eigenvalue weighted by molar-refractivity contribution is 0.239. The summed E-state index contributed by atoms with van der Waals surface area (Å²) in [5.74, 6) is 0.671. The van der Waals surface area contributed by atoms with Crippen molar-refractivity contribution in [3.8, 4) is 5.75 Å². The van der Waals surface area contributed by atoms with Crippen molar-refractivity contribution in [1.82, 2.24) is 9.88 Å². The second kappa shape index (κ2) is 5.68. The van der Waals surface area contributed by atoms with Gasteiger partial charge < -0.3 is 14.7 Å². The SMILES string of the molecule is Cc1ccc(OCCN(C)C)c(CO)n1. The molecule has 0 radical (unpaired) electrons. The number of hydrogen-bond acceptors (Lipinski definition) is 4. The first kappa shape index (κ1) is 11.9. The molecule has 1 heterocycles. The predicted octanol–water partition coefficient (Wildman–Crippen LogP) is 0.823. The zero-order chi connectivity index (χ0) is 11.3. The first-order valence-electron chi connectivity index (χ1n) is 4.98. The minimum absolute atomic E-state index is 0.0843. The minimum atomic E-state index is -0.0843. The highest BCUT2D eigenvalue weighted by atomic mass is 16.5. The van der Waals surface area contributed by atoms with Crippen LogP contribution >= 0.6 is 0 Å². The molecular formula is C11H18N2O2. The van der Waals surface area contributed by atoms with Gasteiger partial charge in [0.15, 0.2) is 0 Å². The Labute approximate surface area is 90.5 Å². The molecule has 0 aliphatic rings. The molecule has 0 spiro atoms. The van der Waals surface area contributed by atoms with E-state index in [0.717, 1.165) is 12.2 Å². The molecule has 0 atom stereocenters. The molecule has 1 rings (SSSR count). The van der Waals surface area contributed by atoms with Gasteiger partial charge in [0.2, 0.25) is 0 Å². The van der Waals surface area contributed by atoms with Gasteiger partial charge in [-0.3, -0.25) is 4.98 Å². The van der Waals surface area contributed by atoms with E-state index >= 15 is 0 Å². The molecule has 1 aromatic rings. The number of aliphatic hydroxyl groups excluding tert-OH is 1. The van der Waals surface area contributed by atoms with Gasteiger partial charge in [-0.15, -0.1) is 0 Å². The number of likely N-dealkylation sites (N-methyl/N-ethyl adjacent to an activating group) is 1. The molecule has 0 aliphatic carbocycles. The zero-order valence-corrected chi connectivity index (χ0v) is 9.53. The van der Waals surface area contributed by atoms with Gasteiger partial charge in [-0.2, -0.15) is 0 Å². The minimum Gasteiger partial charge on any atom is -0.490 e. The van der Waals surface area contributed by atoms with Gasteiger partial charge in [0.1, 0.15) is 18.1 Å². The molecule has 0 unspecified atom stereocenters. The van der Waals surface area contributed by atoms with Crippen molar-refractivity contribution in [3.05, 3.63) is 23.5 Å². The third-order valence-electron chi connectivity index (χ3n) is 2.02. The molecule has 4 nitrogen and oxygen atoms in total. The van der Waals surface area contributed by atoms with Gasteiger partial charge in [-0.05, 0) is 33.2 Å². The van der Waals surface area contributed by atoms with Crippen molar-refractivity contribution in [2.75, 3.05) is 27.2 Å². The molecule has 4 heteroatoms. The van der Waals surface area contributed by atoms with Crippen molar-refractivity contribution in [2.45, 2.75) is 13.5 Å². The lowest BCUT2D eigenvalue weighted by Gasteiger charge is -2.12. The first-order chi connectivity index (χ1) is 7.13. The van der Waals surface area contributed by atoms with Crippen LogP contribution in [0.25, 0.3) is 0 Å². The highest BCUT2D eigenvalue weighted by Gasteiger charge is 2.04. The van der Waals surface area contributed by atoms with E-state index < -0.39 is 0 Å². The smallest absolute Gasteiger partial charge is 0.143 e. The van der Waals surface area contributed by atoms with Crippen molar-refractivity contribution in [1.29, 1.82) is 0 Å². The van der Waals surface area contributed by atoms with Crippen LogP contribution in [0.1, 0.15) is 11.4 Å². The van der Waals surface area contributed by atoms with E-state index in [1.54, 1.807) is 0 Å². The van der Waals surface area contributed by atoms with Gasteiger partial charge in [-0.1, -0.05) is 0 Å². The van der Waals surface area contributed by atoms with Crippen LogP contribution in [0.15, 0.2) is 12.1 Å². The fraction of sp³-hybridized carbons (Fsp3) is 0.545. The van der Waals surface area contributed by atoms with Crippen LogP contribution in [0, 0.1) is 6.92 Å². The van der Waals surface area contributed by atoms with E-state index in [1.807, 2.05) is 38.1 Å². The number of ether oxygens (including phenoxy) is 1. The van der Waals surface area contributed by atoms with Crippen LogP contribution in [0.4, 0.5) is 0 Å². The Hall–Kier alpha value is -1.13. The lowest BCUT2D eigenvalue weighted by Crippen LogP contribution is -2.19. The lowest BCUT2D eigenvalue weighted by atomic mass is 10.3. The standard InChI is InChI=1S/C11H18N2O2/c1-9-4-5-11(10(8-14)12-9)15-7-6-13(2)3/h4-5,14H,6-8H2,1-3H3. The fourth-order valence-corrected chi connectivity index (χ4v) is 1.18. The van der Waals surface area contributed by atoms with Crippen LogP contribution in [0.3, 0.4) is 0 Å². The summed E-state index contributed by atoms with van der Waals surface area (Å²) in [4.78, 5) is 6.24. The Bertz CT molecular complexity index is 313. The van der Waals surface area contributed by atoms with Gasteiger partial charge in [0.25, 0.3) is 0 Å². The number of nitrogens with zero attached hydrogens (tertiary/aromatic N) is 2. The maximum Gasteiger partial charge on any atom is 0.143 e. The summed E-state index contributed by atoms with van der Waals surface area (Å²) in [7, 11) is 3.98. The summed E-state index contributed by atoms with van der Waals surface area (Å²) in [6.07, 6.45) is 0. The molecule has 0 bridgehead atoms. The maximum absolute atomic E-state index is 9.10. The zero-order valence-electron chi connectivity index (χ0n) is 9.53. The molecular weight excluding hydrogens is 192 g/mol. The summed E-state index contributed by atoms with van der Waals surface area (Å²) in [6.45, 7) is 3.26. The summed E-state index contributed by atoms with van der Waals surface area (Å²) in [5, 5.41) is 9.10. The van der Waals surface area contributed by atoms with E-state index in [1.165, 1.54) is 0 Å². The fourth-order valence-electron chi connectivity index (χ4n) is 1.18. The summed E-state index contributed by atoms with van der Waals surface area (Å²) in [6, 6.07) is 3.73. The highest BCUT2D eigenvalue weighted by molar-refractivity contribution is 5.28. The van der Waals surface area contributed by atoms with Crippen LogP contribution < -0.4 is 4.74 Å². The first-order valence-corrected chi connectivity index (χ1v) is 4.98. The largest absolute Gasteiger partial charge is 0.490 e. The average Bonchev–Trinajstić information content (AvgIpc) is 2.19. The quantitative estimate of drug-likeness (QED) is 0.781. The number of rotatable bonds is 5. The molecule has 0 aliphatic heterocycles. The van der Waals surface area contributed by atoms with Gasteiger partial charge in [0, 0.05) is 12.2 Å². The highest BCUT2D eigenvalue weighted by Crippen LogP contribution is 2.16. The molecule has 0 fully saturated rings. The Morgan fingerprint density at radius 2 is 2.13 bits per heavy atom. The number of pyridine rings is 1. The third kappa shape index (κ3) is 3.85. The van der Waals surface area contributed by atoms with E-state index in [4.69, 9.17) is 9.84 Å². The summed E-state index contributed by atoms with van der Waals surface area (Å²) >= 11 is 0. The molecule has 84 valence electrons. The van der Waals surface area contributed by atoms with E-state index in [-0.39, 0.29) is 6.61 Å². The van der Waals surface area contributed by atoms with E-state index in [2.05, 4.69) is 4.98 Å². The second-order valence-electron chi connectivity index (χ2n) is 3.71. The Kier molecular flexibility index (Phi) is 4.52. The van der Waals surface area contributed by atoms with E-state index in [9.17, 15) is 0 Å². The van der Waals surface area contributed by atoms with Gasteiger partial charge >= 0.3 is 0 Å². The number of aliphatic hydroxyl groups is 1. The van der Waals surface area contributed by atoms with Gasteiger partial charge in [-0.25, -0.2) is 0 Å². The molecule has 0 amide bonds. The Morgan fingerprint density at radius 3 is 2.73 bits per heavy atom. The topological polar surface area (TPSA) is 45.6 Å². The molecule has 0 aromatic carbocycles. The predicted molar refractivity (Wildman–Crippen MR) is 58.9 cm³/mol. The molecule has 1 aromatic heterocycles. The van der Waals surface area contributed by atoms with Crippen molar-refractivity contribution in [3.63, 3.8) is 0 Å². The Balaban J connectivity index is 2.60. The maximum atomic E-state index is 9.10. The second-order valence-corrected chi connectivity index (χ2v) is 3.71. The number of aryl methyl sites for hydroxylation is 1.